The van der Waals surface area contributed by atoms with Crippen LogP contribution >= 0.6 is 0 Å². The van der Waals surface area contributed by atoms with E-state index in [0.717, 1.165) is 5.70 Å². The average Bonchev–Trinajstić information content (AvgIpc) is 2.11. The summed E-state index contributed by atoms with van der Waals surface area (Å²) in [6.45, 7) is 21.2. The van der Waals surface area contributed by atoms with Gasteiger partial charge < -0.3 is 5.32 Å². The number of nitrogens with one attached hydrogen (secondary N) is 1. The molecule has 0 aromatic heterocycles. The minimum atomic E-state index is 0.0820. The van der Waals surface area contributed by atoms with Gasteiger partial charge in [0.1, 0.15) is 0 Å². The number of rotatable bonds is 3. The highest BCUT2D eigenvalue weighted by Crippen LogP contribution is 2.29. The van der Waals surface area contributed by atoms with Crippen molar-refractivity contribution >= 4 is 0 Å². The average molecular weight is 247 g/mol. The summed E-state index contributed by atoms with van der Waals surface area (Å²) >= 11 is 0. The topological polar surface area (TPSA) is 12.0 Å². The van der Waals surface area contributed by atoms with Crippen LogP contribution in [0.15, 0.2) is 41.3 Å². The molecule has 1 heteroatoms. The standard InChI is InChI=1S/C17H29N/c1-13(15(3)16(4,5)6)11-10-12-14(2)18-17(7,8)9/h10-11,18H,3H2,1-2,4-9H3/b13-11+. The van der Waals surface area contributed by atoms with Crippen molar-refractivity contribution in [2.45, 2.75) is 60.9 Å². The van der Waals surface area contributed by atoms with Gasteiger partial charge in [0, 0.05) is 5.54 Å². The van der Waals surface area contributed by atoms with Gasteiger partial charge in [-0.1, -0.05) is 33.4 Å². The fourth-order valence-corrected chi connectivity index (χ4v) is 1.58. The smallest absolute Gasteiger partial charge is 0.0510 e. The van der Waals surface area contributed by atoms with Crippen LogP contribution in [0.1, 0.15) is 55.4 Å². The minimum absolute atomic E-state index is 0.0820. The maximum Gasteiger partial charge on any atom is 0.0510 e. The van der Waals surface area contributed by atoms with Crippen LogP contribution in [0.3, 0.4) is 0 Å². The Morgan fingerprint density at radius 1 is 1.06 bits per heavy atom. The Hall–Kier alpha value is -1.20. The van der Waals surface area contributed by atoms with Gasteiger partial charge in [-0.2, -0.15) is 0 Å². The predicted octanol–water partition coefficient (Wildman–Crippen LogP) is 4.98. The Balaban J connectivity index is 4.83. The minimum Gasteiger partial charge on any atom is -0.378 e. The Morgan fingerprint density at radius 3 is 1.94 bits per heavy atom. The Kier molecular flexibility index (Phi) is 5.70. The Morgan fingerprint density at radius 2 is 1.56 bits per heavy atom. The SMILES string of the molecule is C=C(/C(C)=C/C=C=C(C)NC(C)(C)C)C(C)(C)C. The van der Waals surface area contributed by atoms with Gasteiger partial charge in [-0.15, -0.1) is 5.73 Å². The lowest BCUT2D eigenvalue weighted by Gasteiger charge is -2.22. The second-order valence-electron chi connectivity index (χ2n) is 6.89. The molecule has 0 atom stereocenters. The van der Waals surface area contributed by atoms with Crippen LogP contribution in [-0.2, 0) is 0 Å². The van der Waals surface area contributed by atoms with Crippen molar-refractivity contribution in [2.75, 3.05) is 0 Å². The van der Waals surface area contributed by atoms with E-state index in [2.05, 4.69) is 72.2 Å². The molecule has 0 rings (SSSR count). The van der Waals surface area contributed by atoms with Crippen molar-refractivity contribution in [3.63, 3.8) is 0 Å². The van der Waals surface area contributed by atoms with Crippen LogP contribution in [0.25, 0.3) is 0 Å². The molecule has 0 radical (unpaired) electrons. The van der Waals surface area contributed by atoms with Crippen molar-refractivity contribution in [1.29, 1.82) is 0 Å². The van der Waals surface area contributed by atoms with Gasteiger partial charge >= 0.3 is 0 Å². The summed E-state index contributed by atoms with van der Waals surface area (Å²) in [5.41, 5.74) is 6.87. The zero-order chi connectivity index (χ0) is 14.6. The molecule has 0 saturated carbocycles. The van der Waals surface area contributed by atoms with Gasteiger partial charge in [0.2, 0.25) is 0 Å². The summed E-state index contributed by atoms with van der Waals surface area (Å²) < 4.78 is 0. The molecular formula is C17H29N. The molecule has 0 fully saturated rings. The number of allylic oxidation sites excluding steroid dienone is 4. The van der Waals surface area contributed by atoms with E-state index in [1.54, 1.807) is 0 Å². The third-order valence-electron chi connectivity index (χ3n) is 2.58. The molecule has 0 aliphatic heterocycles. The van der Waals surface area contributed by atoms with Crippen LogP contribution in [0, 0.1) is 5.41 Å². The summed E-state index contributed by atoms with van der Waals surface area (Å²) in [5.74, 6) is 0. The van der Waals surface area contributed by atoms with E-state index < -0.39 is 0 Å². The quantitative estimate of drug-likeness (QED) is 0.547. The maximum atomic E-state index is 4.14. The Labute approximate surface area is 113 Å². The van der Waals surface area contributed by atoms with Crippen molar-refractivity contribution < 1.29 is 0 Å². The first kappa shape index (κ1) is 16.8. The van der Waals surface area contributed by atoms with Crippen LogP contribution < -0.4 is 5.32 Å². The summed E-state index contributed by atoms with van der Waals surface area (Å²) in [5, 5.41) is 3.37. The molecule has 0 saturated heterocycles. The van der Waals surface area contributed by atoms with Gasteiger partial charge in [0.25, 0.3) is 0 Å². The van der Waals surface area contributed by atoms with Crippen LogP contribution in [0.5, 0.6) is 0 Å². The third-order valence-corrected chi connectivity index (χ3v) is 2.58. The molecular weight excluding hydrogens is 218 g/mol. The first-order chi connectivity index (χ1) is 7.93. The second-order valence-corrected chi connectivity index (χ2v) is 6.89. The van der Waals surface area contributed by atoms with Crippen molar-refractivity contribution in [3.05, 3.63) is 41.3 Å². The normalized spacial score (nSPS) is 12.8. The molecule has 1 nitrogen and oxygen atoms in total. The first-order valence-electron chi connectivity index (χ1n) is 6.51. The zero-order valence-corrected chi connectivity index (χ0v) is 13.4. The molecule has 0 heterocycles. The maximum absolute atomic E-state index is 4.14. The molecule has 1 N–H and O–H groups in total. The second kappa shape index (κ2) is 6.11. The van der Waals surface area contributed by atoms with Crippen molar-refractivity contribution in [2.24, 2.45) is 5.41 Å². The first-order valence-corrected chi connectivity index (χ1v) is 6.51. The highest BCUT2D eigenvalue weighted by atomic mass is 14.9. The predicted molar refractivity (Wildman–Crippen MR) is 82.5 cm³/mol. The van der Waals surface area contributed by atoms with Gasteiger partial charge in [-0.3, -0.25) is 0 Å². The van der Waals surface area contributed by atoms with Gasteiger partial charge in [-0.25, -0.2) is 0 Å². The third kappa shape index (κ3) is 7.19. The molecule has 0 spiro atoms. The number of hydrogen-bond acceptors (Lipinski definition) is 1. The van der Waals surface area contributed by atoms with Crippen LogP contribution in [0.2, 0.25) is 0 Å². The van der Waals surface area contributed by atoms with Gasteiger partial charge in [0.05, 0.1) is 5.70 Å². The monoisotopic (exact) mass is 247 g/mol. The van der Waals surface area contributed by atoms with Crippen LogP contribution in [0.4, 0.5) is 0 Å². The van der Waals surface area contributed by atoms with Crippen LogP contribution in [-0.4, -0.2) is 5.54 Å². The van der Waals surface area contributed by atoms with Crippen molar-refractivity contribution in [1.82, 2.24) is 5.32 Å². The molecule has 0 amide bonds. The highest BCUT2D eigenvalue weighted by Gasteiger charge is 2.15. The van der Waals surface area contributed by atoms with Crippen molar-refractivity contribution in [3.8, 4) is 0 Å². The van der Waals surface area contributed by atoms with Gasteiger partial charge in [0.15, 0.2) is 0 Å². The summed E-state index contributed by atoms with van der Waals surface area (Å²) in [7, 11) is 0. The molecule has 0 bridgehead atoms. The molecule has 0 aliphatic rings. The molecule has 102 valence electrons. The van der Waals surface area contributed by atoms with E-state index in [1.165, 1.54) is 11.1 Å². The summed E-state index contributed by atoms with van der Waals surface area (Å²) in [6.07, 6.45) is 4.03. The number of hydrogen-bond donors (Lipinski definition) is 1. The molecule has 18 heavy (non-hydrogen) atoms. The molecule has 0 aromatic rings. The lowest BCUT2D eigenvalue weighted by Crippen LogP contribution is -2.33. The van der Waals surface area contributed by atoms with E-state index in [4.69, 9.17) is 0 Å². The van der Waals surface area contributed by atoms with E-state index in [-0.39, 0.29) is 11.0 Å². The Bertz CT molecular complexity index is 388. The summed E-state index contributed by atoms with van der Waals surface area (Å²) in [6, 6.07) is 0. The molecule has 0 aromatic carbocycles. The van der Waals surface area contributed by atoms with E-state index in [9.17, 15) is 0 Å². The fraction of sp³-hybridized carbons (Fsp3) is 0.588. The largest absolute Gasteiger partial charge is 0.378 e. The van der Waals surface area contributed by atoms with E-state index in [1.807, 2.05) is 13.0 Å². The van der Waals surface area contributed by atoms with E-state index in [0.29, 0.717) is 0 Å². The zero-order valence-electron chi connectivity index (χ0n) is 13.4. The van der Waals surface area contributed by atoms with E-state index >= 15 is 0 Å². The van der Waals surface area contributed by atoms with Gasteiger partial charge in [-0.05, 0) is 57.3 Å². The molecule has 0 unspecified atom stereocenters. The lowest BCUT2D eigenvalue weighted by atomic mass is 9.83. The lowest BCUT2D eigenvalue weighted by molar-refractivity contribution is 0.474. The fourth-order valence-electron chi connectivity index (χ4n) is 1.58. The highest BCUT2D eigenvalue weighted by molar-refractivity contribution is 5.33. The summed E-state index contributed by atoms with van der Waals surface area (Å²) in [4.78, 5) is 0. The molecule has 0 aliphatic carbocycles.